The van der Waals surface area contributed by atoms with Crippen LogP contribution in [-0.4, -0.2) is 38.6 Å². The lowest BCUT2D eigenvalue weighted by molar-refractivity contribution is 0.239. The maximum absolute atomic E-state index is 11.7. The number of aryl methyl sites for hydroxylation is 1. The van der Waals surface area contributed by atoms with Crippen LogP contribution < -0.4 is 5.32 Å². The minimum absolute atomic E-state index is 0.339. The summed E-state index contributed by atoms with van der Waals surface area (Å²) < 4.78 is 25.1. The molecule has 6 heteroatoms. The van der Waals surface area contributed by atoms with Crippen LogP contribution in [-0.2, 0) is 10.0 Å². The molecule has 1 aliphatic heterocycles. The normalized spacial score (nSPS) is 22.3. The van der Waals surface area contributed by atoms with Gasteiger partial charge in [-0.3, -0.25) is 0 Å². The summed E-state index contributed by atoms with van der Waals surface area (Å²) >= 11 is 1.74. The van der Waals surface area contributed by atoms with E-state index in [9.17, 15) is 8.42 Å². The number of hydrogen-bond donors (Lipinski definition) is 1. The molecule has 0 aliphatic carbocycles. The molecule has 0 saturated carbocycles. The maximum Gasteiger partial charge on any atom is 0.211 e. The quantitative estimate of drug-likeness (QED) is 0.872. The molecule has 1 aliphatic rings. The zero-order valence-electron chi connectivity index (χ0n) is 13.1. The molecule has 1 saturated heterocycles. The molecule has 2 atom stereocenters. The molecule has 1 N–H and O–H groups in total. The molecule has 120 valence electrons. The van der Waals surface area contributed by atoms with E-state index in [0.29, 0.717) is 25.0 Å². The Hall–Kier alpha value is -0.430. The van der Waals surface area contributed by atoms with E-state index in [0.717, 1.165) is 25.8 Å². The lowest BCUT2D eigenvalue weighted by Gasteiger charge is -2.33. The Bertz CT molecular complexity index is 554. The van der Waals surface area contributed by atoms with Crippen LogP contribution in [0.2, 0.25) is 0 Å². The predicted molar refractivity (Wildman–Crippen MR) is 89.2 cm³/mol. The topological polar surface area (TPSA) is 49.4 Å². The van der Waals surface area contributed by atoms with Gasteiger partial charge in [-0.15, -0.1) is 0 Å². The van der Waals surface area contributed by atoms with Crippen LogP contribution in [0.25, 0.3) is 0 Å². The smallest absolute Gasteiger partial charge is 0.211 e. The largest absolute Gasteiger partial charge is 0.310 e. The number of nitrogens with zero attached hydrogens (tertiary/aromatic N) is 1. The van der Waals surface area contributed by atoms with E-state index in [2.05, 4.69) is 29.9 Å². The van der Waals surface area contributed by atoms with Gasteiger partial charge >= 0.3 is 0 Å². The van der Waals surface area contributed by atoms with Crippen molar-refractivity contribution >= 4 is 21.4 Å². The third-order valence-corrected chi connectivity index (χ3v) is 6.39. The first-order chi connectivity index (χ1) is 9.91. The van der Waals surface area contributed by atoms with Gasteiger partial charge in [0, 0.05) is 19.1 Å². The molecule has 0 radical (unpaired) electrons. The summed E-state index contributed by atoms with van der Waals surface area (Å²) in [5, 5.41) is 7.97. The van der Waals surface area contributed by atoms with E-state index >= 15 is 0 Å². The molecular formula is C15H26N2O2S2. The first kappa shape index (κ1) is 16.9. The van der Waals surface area contributed by atoms with Crippen molar-refractivity contribution in [2.75, 3.05) is 25.9 Å². The van der Waals surface area contributed by atoms with Gasteiger partial charge in [0.25, 0.3) is 0 Å². The Labute approximate surface area is 132 Å². The van der Waals surface area contributed by atoms with Crippen molar-refractivity contribution in [3.63, 3.8) is 0 Å². The molecule has 2 unspecified atom stereocenters. The Morgan fingerprint density at radius 3 is 2.81 bits per heavy atom. The average molecular weight is 331 g/mol. The van der Waals surface area contributed by atoms with Gasteiger partial charge in [-0.25, -0.2) is 12.7 Å². The number of piperidine rings is 1. The molecular weight excluding hydrogens is 304 g/mol. The van der Waals surface area contributed by atoms with Crippen LogP contribution >= 0.6 is 11.3 Å². The second-order valence-electron chi connectivity index (χ2n) is 5.99. The van der Waals surface area contributed by atoms with Crippen LogP contribution in [0.3, 0.4) is 0 Å². The highest BCUT2D eigenvalue weighted by molar-refractivity contribution is 7.88. The van der Waals surface area contributed by atoms with Crippen molar-refractivity contribution in [3.05, 3.63) is 21.9 Å². The highest BCUT2D eigenvalue weighted by atomic mass is 32.2. The maximum atomic E-state index is 11.7. The second-order valence-corrected chi connectivity index (χ2v) is 8.71. The fraction of sp³-hybridized carbons (Fsp3) is 0.733. The SMILES string of the molecule is CCNC(CC1CCCN(S(C)(=O)=O)C1)c1cscc1C. The van der Waals surface area contributed by atoms with Crippen LogP contribution in [0.1, 0.15) is 43.4 Å². The summed E-state index contributed by atoms with van der Waals surface area (Å²) in [4.78, 5) is 0. The number of thiophene rings is 1. The van der Waals surface area contributed by atoms with E-state index in [1.165, 1.54) is 17.4 Å². The van der Waals surface area contributed by atoms with Gasteiger partial charge in [-0.05, 0) is 60.5 Å². The molecule has 1 fully saturated rings. The van der Waals surface area contributed by atoms with Crippen LogP contribution in [0, 0.1) is 12.8 Å². The molecule has 21 heavy (non-hydrogen) atoms. The third-order valence-electron chi connectivity index (χ3n) is 4.24. The molecule has 0 spiro atoms. The minimum atomic E-state index is -3.05. The van der Waals surface area contributed by atoms with E-state index in [1.807, 2.05) is 0 Å². The highest BCUT2D eigenvalue weighted by Crippen LogP contribution is 2.31. The van der Waals surface area contributed by atoms with Crippen molar-refractivity contribution in [2.45, 2.75) is 39.2 Å². The Balaban J connectivity index is 2.05. The molecule has 1 aromatic rings. The summed E-state index contributed by atoms with van der Waals surface area (Å²) in [7, 11) is -3.05. The number of rotatable bonds is 6. The van der Waals surface area contributed by atoms with Gasteiger partial charge in [0.2, 0.25) is 10.0 Å². The number of hydrogen-bond acceptors (Lipinski definition) is 4. The Morgan fingerprint density at radius 2 is 2.24 bits per heavy atom. The lowest BCUT2D eigenvalue weighted by atomic mass is 9.89. The average Bonchev–Trinajstić information content (AvgIpc) is 2.84. The summed E-state index contributed by atoms with van der Waals surface area (Å²) in [5.41, 5.74) is 2.71. The van der Waals surface area contributed by atoms with Crippen molar-refractivity contribution in [1.82, 2.24) is 9.62 Å². The van der Waals surface area contributed by atoms with Crippen LogP contribution in [0.5, 0.6) is 0 Å². The van der Waals surface area contributed by atoms with E-state index in [4.69, 9.17) is 0 Å². The van der Waals surface area contributed by atoms with Crippen LogP contribution in [0.4, 0.5) is 0 Å². The minimum Gasteiger partial charge on any atom is -0.310 e. The fourth-order valence-corrected chi connectivity index (χ4v) is 5.00. The van der Waals surface area contributed by atoms with Gasteiger partial charge in [-0.2, -0.15) is 11.3 Å². The van der Waals surface area contributed by atoms with Crippen molar-refractivity contribution in [3.8, 4) is 0 Å². The van der Waals surface area contributed by atoms with Gasteiger partial charge < -0.3 is 5.32 Å². The molecule has 0 bridgehead atoms. The highest BCUT2D eigenvalue weighted by Gasteiger charge is 2.28. The van der Waals surface area contributed by atoms with Gasteiger partial charge in [-0.1, -0.05) is 6.92 Å². The third kappa shape index (κ3) is 4.52. The number of sulfonamides is 1. The first-order valence-corrected chi connectivity index (χ1v) is 10.4. The zero-order chi connectivity index (χ0) is 15.5. The van der Waals surface area contributed by atoms with E-state index in [-0.39, 0.29) is 0 Å². The van der Waals surface area contributed by atoms with Gasteiger partial charge in [0.15, 0.2) is 0 Å². The molecule has 2 heterocycles. The summed E-state index contributed by atoms with van der Waals surface area (Å²) in [6.07, 6.45) is 4.42. The second kappa shape index (κ2) is 7.22. The lowest BCUT2D eigenvalue weighted by Crippen LogP contribution is -2.40. The zero-order valence-corrected chi connectivity index (χ0v) is 14.8. The molecule has 4 nitrogen and oxygen atoms in total. The molecule has 0 aromatic carbocycles. The number of nitrogens with one attached hydrogen (secondary N) is 1. The molecule has 0 amide bonds. The predicted octanol–water partition coefficient (Wildman–Crippen LogP) is 2.77. The van der Waals surface area contributed by atoms with Crippen LogP contribution in [0.15, 0.2) is 10.8 Å². The van der Waals surface area contributed by atoms with Gasteiger partial charge in [0.1, 0.15) is 0 Å². The fourth-order valence-electron chi connectivity index (χ4n) is 3.15. The molecule has 1 aromatic heterocycles. The Morgan fingerprint density at radius 1 is 1.48 bits per heavy atom. The summed E-state index contributed by atoms with van der Waals surface area (Å²) in [6.45, 7) is 6.56. The van der Waals surface area contributed by atoms with E-state index in [1.54, 1.807) is 15.6 Å². The molecule has 2 rings (SSSR count). The summed E-state index contributed by atoms with van der Waals surface area (Å²) in [5.74, 6) is 0.442. The monoisotopic (exact) mass is 330 g/mol. The van der Waals surface area contributed by atoms with Crippen molar-refractivity contribution < 1.29 is 8.42 Å². The first-order valence-electron chi connectivity index (χ1n) is 7.63. The standard InChI is InChI=1S/C15H26N2O2S2/c1-4-16-15(14-11-20-10-12(14)2)8-13-6-5-7-17(9-13)21(3,18)19/h10-11,13,15-16H,4-9H2,1-3H3. The van der Waals surface area contributed by atoms with E-state index < -0.39 is 10.0 Å². The van der Waals surface area contributed by atoms with Crippen molar-refractivity contribution in [1.29, 1.82) is 0 Å². The van der Waals surface area contributed by atoms with Gasteiger partial charge in [0.05, 0.1) is 6.26 Å². The van der Waals surface area contributed by atoms with Crippen molar-refractivity contribution in [2.24, 2.45) is 5.92 Å². The summed E-state index contributed by atoms with van der Waals surface area (Å²) in [6, 6.07) is 0.339. The Kier molecular flexibility index (Phi) is 5.82.